The third kappa shape index (κ3) is 2.98. The van der Waals surface area contributed by atoms with E-state index >= 15 is 0 Å². The minimum atomic E-state index is 0.394. The highest BCUT2D eigenvalue weighted by Gasteiger charge is 2.16. The molecule has 0 fully saturated rings. The molecular weight excluding hydrogens is 210 g/mol. The zero-order valence-electron chi connectivity index (χ0n) is 11.1. The third-order valence-electron chi connectivity index (χ3n) is 3.37. The van der Waals surface area contributed by atoms with Crippen LogP contribution in [0.2, 0.25) is 0 Å². The van der Waals surface area contributed by atoms with Gasteiger partial charge in [-0.25, -0.2) is 0 Å². The first-order valence-corrected chi connectivity index (χ1v) is 5.97. The summed E-state index contributed by atoms with van der Waals surface area (Å²) in [6.07, 6.45) is 0. The van der Waals surface area contributed by atoms with Crippen LogP contribution in [0.1, 0.15) is 31.9 Å². The standard InChI is InChI=1S/C14H21N3/c1-10(2)11(3)17(4)14-6-5-12(8-15)7-13(14)9-16/h5-7,10-11H,8,15H2,1-4H3. The summed E-state index contributed by atoms with van der Waals surface area (Å²) in [5.41, 5.74) is 8.26. The summed E-state index contributed by atoms with van der Waals surface area (Å²) in [5, 5.41) is 9.19. The summed E-state index contributed by atoms with van der Waals surface area (Å²) in [7, 11) is 2.03. The van der Waals surface area contributed by atoms with Gasteiger partial charge in [-0.3, -0.25) is 0 Å². The van der Waals surface area contributed by atoms with Gasteiger partial charge >= 0.3 is 0 Å². The Kier molecular flexibility index (Phi) is 4.53. The molecule has 3 nitrogen and oxygen atoms in total. The molecule has 0 spiro atoms. The van der Waals surface area contributed by atoms with E-state index in [9.17, 15) is 5.26 Å². The second-order valence-corrected chi connectivity index (χ2v) is 4.76. The van der Waals surface area contributed by atoms with Gasteiger partial charge in [-0.15, -0.1) is 0 Å². The van der Waals surface area contributed by atoms with Crippen molar-refractivity contribution in [2.24, 2.45) is 11.7 Å². The molecule has 0 saturated carbocycles. The Labute approximate surface area is 104 Å². The first-order chi connectivity index (χ1) is 8.01. The van der Waals surface area contributed by atoms with Gasteiger partial charge < -0.3 is 10.6 Å². The molecule has 0 aliphatic rings. The first-order valence-electron chi connectivity index (χ1n) is 5.97. The Bertz CT molecular complexity index is 418. The average molecular weight is 231 g/mol. The van der Waals surface area contributed by atoms with Crippen molar-refractivity contribution in [3.8, 4) is 6.07 Å². The SMILES string of the molecule is CC(C)C(C)N(C)c1ccc(CN)cc1C#N. The summed E-state index contributed by atoms with van der Waals surface area (Å²) in [4.78, 5) is 2.16. The van der Waals surface area contributed by atoms with E-state index in [1.165, 1.54) is 0 Å². The van der Waals surface area contributed by atoms with E-state index in [1.807, 2.05) is 25.2 Å². The van der Waals surface area contributed by atoms with Crippen molar-refractivity contribution in [3.63, 3.8) is 0 Å². The van der Waals surface area contributed by atoms with Crippen molar-refractivity contribution < 1.29 is 0 Å². The fraction of sp³-hybridized carbons (Fsp3) is 0.500. The van der Waals surface area contributed by atoms with E-state index in [0.717, 1.165) is 11.3 Å². The number of anilines is 1. The van der Waals surface area contributed by atoms with Crippen LogP contribution in [-0.4, -0.2) is 13.1 Å². The van der Waals surface area contributed by atoms with Crippen molar-refractivity contribution in [1.29, 1.82) is 5.26 Å². The number of hydrogen-bond donors (Lipinski definition) is 1. The Hall–Kier alpha value is -1.53. The van der Waals surface area contributed by atoms with Crippen molar-refractivity contribution in [2.45, 2.75) is 33.4 Å². The molecule has 0 heterocycles. The second kappa shape index (κ2) is 5.70. The largest absolute Gasteiger partial charge is 0.371 e. The molecule has 0 bridgehead atoms. The predicted octanol–water partition coefficient (Wildman–Crippen LogP) is 2.50. The van der Waals surface area contributed by atoms with Gasteiger partial charge in [-0.1, -0.05) is 19.9 Å². The Morgan fingerprint density at radius 1 is 1.35 bits per heavy atom. The summed E-state index contributed by atoms with van der Waals surface area (Å²) in [6, 6.07) is 8.49. The number of nitrogens with zero attached hydrogens (tertiary/aromatic N) is 2. The smallest absolute Gasteiger partial charge is 0.101 e. The van der Waals surface area contributed by atoms with Gasteiger partial charge in [0, 0.05) is 19.6 Å². The topological polar surface area (TPSA) is 53.0 Å². The molecule has 0 amide bonds. The van der Waals surface area contributed by atoms with Gasteiger partial charge in [0.1, 0.15) is 6.07 Å². The van der Waals surface area contributed by atoms with Crippen LogP contribution in [0.4, 0.5) is 5.69 Å². The Morgan fingerprint density at radius 2 is 2.00 bits per heavy atom. The molecule has 1 rings (SSSR count). The van der Waals surface area contributed by atoms with Gasteiger partial charge in [-0.2, -0.15) is 5.26 Å². The van der Waals surface area contributed by atoms with E-state index in [1.54, 1.807) is 0 Å². The van der Waals surface area contributed by atoms with Crippen LogP contribution in [0.3, 0.4) is 0 Å². The van der Waals surface area contributed by atoms with Gasteiger partial charge in [-0.05, 0) is 30.5 Å². The van der Waals surface area contributed by atoms with Gasteiger partial charge in [0.25, 0.3) is 0 Å². The molecule has 0 aliphatic carbocycles. The third-order valence-corrected chi connectivity index (χ3v) is 3.37. The molecular formula is C14H21N3. The van der Waals surface area contributed by atoms with E-state index in [0.29, 0.717) is 24.1 Å². The van der Waals surface area contributed by atoms with Crippen LogP contribution in [0, 0.1) is 17.2 Å². The summed E-state index contributed by atoms with van der Waals surface area (Å²) >= 11 is 0. The van der Waals surface area contributed by atoms with Gasteiger partial charge in [0.2, 0.25) is 0 Å². The van der Waals surface area contributed by atoms with Gasteiger partial charge in [0.05, 0.1) is 11.3 Å². The molecule has 0 aromatic heterocycles. The second-order valence-electron chi connectivity index (χ2n) is 4.76. The molecule has 1 atom stereocenters. The summed E-state index contributed by atoms with van der Waals surface area (Å²) < 4.78 is 0. The van der Waals surface area contributed by atoms with Crippen LogP contribution in [0.5, 0.6) is 0 Å². The number of nitrogens with two attached hydrogens (primary N) is 1. The first kappa shape index (κ1) is 13.5. The van der Waals surface area contributed by atoms with Crippen LogP contribution >= 0.6 is 0 Å². The number of benzene rings is 1. The summed E-state index contributed by atoms with van der Waals surface area (Å²) in [6.45, 7) is 7.00. The molecule has 0 radical (unpaired) electrons. The predicted molar refractivity (Wildman–Crippen MR) is 71.8 cm³/mol. The van der Waals surface area contributed by atoms with E-state index in [2.05, 4.69) is 31.7 Å². The highest BCUT2D eigenvalue weighted by molar-refractivity contribution is 5.60. The van der Waals surface area contributed by atoms with E-state index < -0.39 is 0 Å². The average Bonchev–Trinajstić information content (AvgIpc) is 2.35. The minimum Gasteiger partial charge on any atom is -0.371 e. The minimum absolute atomic E-state index is 0.394. The molecule has 0 aliphatic heterocycles. The molecule has 17 heavy (non-hydrogen) atoms. The lowest BCUT2D eigenvalue weighted by atomic mass is 10.0. The lowest BCUT2D eigenvalue weighted by Gasteiger charge is -2.30. The molecule has 2 N–H and O–H groups in total. The maximum Gasteiger partial charge on any atom is 0.101 e. The van der Waals surface area contributed by atoms with Crippen LogP contribution in [0.25, 0.3) is 0 Å². The van der Waals surface area contributed by atoms with Crippen LogP contribution in [-0.2, 0) is 6.54 Å². The zero-order valence-corrected chi connectivity index (χ0v) is 11.1. The van der Waals surface area contributed by atoms with Gasteiger partial charge in [0.15, 0.2) is 0 Å². The van der Waals surface area contributed by atoms with Crippen molar-refractivity contribution >= 4 is 5.69 Å². The maximum atomic E-state index is 9.19. The molecule has 92 valence electrons. The number of hydrogen-bond acceptors (Lipinski definition) is 3. The van der Waals surface area contributed by atoms with Crippen LogP contribution in [0.15, 0.2) is 18.2 Å². The fourth-order valence-electron chi connectivity index (χ4n) is 1.77. The highest BCUT2D eigenvalue weighted by atomic mass is 15.1. The van der Waals surface area contributed by atoms with Crippen molar-refractivity contribution in [2.75, 3.05) is 11.9 Å². The quantitative estimate of drug-likeness (QED) is 0.866. The number of rotatable bonds is 4. The molecule has 0 saturated heterocycles. The molecule has 1 aromatic carbocycles. The van der Waals surface area contributed by atoms with Crippen molar-refractivity contribution in [1.82, 2.24) is 0 Å². The Balaban J connectivity index is 3.10. The van der Waals surface area contributed by atoms with E-state index in [-0.39, 0.29) is 0 Å². The van der Waals surface area contributed by atoms with E-state index in [4.69, 9.17) is 5.73 Å². The molecule has 1 aromatic rings. The monoisotopic (exact) mass is 231 g/mol. The highest BCUT2D eigenvalue weighted by Crippen LogP contribution is 2.24. The molecule has 1 unspecified atom stereocenters. The zero-order chi connectivity index (χ0) is 13.0. The fourth-order valence-corrected chi connectivity index (χ4v) is 1.77. The lowest BCUT2D eigenvalue weighted by Crippen LogP contribution is -2.33. The Morgan fingerprint density at radius 3 is 2.47 bits per heavy atom. The molecule has 3 heteroatoms. The normalized spacial score (nSPS) is 12.3. The number of nitriles is 1. The lowest BCUT2D eigenvalue weighted by molar-refractivity contribution is 0.505. The van der Waals surface area contributed by atoms with Crippen LogP contribution < -0.4 is 10.6 Å². The van der Waals surface area contributed by atoms with Crippen molar-refractivity contribution in [3.05, 3.63) is 29.3 Å². The maximum absolute atomic E-state index is 9.19. The summed E-state index contributed by atoms with van der Waals surface area (Å²) in [5.74, 6) is 0.542.